The topological polar surface area (TPSA) is 49.4 Å². The first kappa shape index (κ1) is 18.0. The first-order chi connectivity index (χ1) is 11.5. The Labute approximate surface area is 147 Å². The van der Waals surface area contributed by atoms with Gasteiger partial charge in [-0.2, -0.15) is 0 Å². The molecule has 0 aliphatic rings. The van der Waals surface area contributed by atoms with Gasteiger partial charge >= 0.3 is 0 Å². The third kappa shape index (κ3) is 4.59. The quantitative estimate of drug-likeness (QED) is 0.867. The van der Waals surface area contributed by atoms with Gasteiger partial charge in [-0.3, -0.25) is 9.59 Å². The average Bonchev–Trinajstić information content (AvgIpc) is 2.62. The molecular weight excluding hydrogens is 324 g/mol. The summed E-state index contributed by atoms with van der Waals surface area (Å²) in [6.45, 7) is 5.56. The lowest BCUT2D eigenvalue weighted by molar-refractivity contribution is 0.0773. The Kier molecular flexibility index (Phi) is 6.38. The smallest absolute Gasteiger partial charge is 0.253 e. The highest BCUT2D eigenvalue weighted by Gasteiger charge is 2.14. The summed E-state index contributed by atoms with van der Waals surface area (Å²) in [4.78, 5) is 26.4. The molecule has 0 unspecified atom stereocenters. The normalized spacial score (nSPS) is 10.3. The zero-order chi connectivity index (χ0) is 17.5. The van der Waals surface area contributed by atoms with E-state index >= 15 is 0 Å². The molecule has 126 valence electrons. The zero-order valence-electron chi connectivity index (χ0n) is 13.9. The zero-order valence-corrected chi connectivity index (χ0v) is 14.6. The van der Waals surface area contributed by atoms with E-state index in [-0.39, 0.29) is 11.8 Å². The van der Waals surface area contributed by atoms with Crippen LogP contribution in [-0.4, -0.2) is 29.8 Å². The van der Waals surface area contributed by atoms with Crippen molar-refractivity contribution in [2.45, 2.75) is 20.4 Å². The van der Waals surface area contributed by atoms with Crippen molar-refractivity contribution in [3.8, 4) is 0 Å². The van der Waals surface area contributed by atoms with Crippen molar-refractivity contribution in [2.24, 2.45) is 0 Å². The fourth-order valence-electron chi connectivity index (χ4n) is 2.37. The van der Waals surface area contributed by atoms with Crippen LogP contribution in [0.15, 0.2) is 48.5 Å². The van der Waals surface area contributed by atoms with Gasteiger partial charge in [0.25, 0.3) is 11.8 Å². The van der Waals surface area contributed by atoms with Gasteiger partial charge in [0.2, 0.25) is 0 Å². The number of hydrogen-bond acceptors (Lipinski definition) is 2. The monoisotopic (exact) mass is 344 g/mol. The Morgan fingerprint density at radius 3 is 2.25 bits per heavy atom. The lowest BCUT2D eigenvalue weighted by atomic mass is 10.1. The summed E-state index contributed by atoms with van der Waals surface area (Å²) in [6.07, 6.45) is 0. The van der Waals surface area contributed by atoms with Crippen LogP contribution in [0, 0.1) is 0 Å². The molecule has 2 aromatic carbocycles. The maximum atomic E-state index is 12.4. The summed E-state index contributed by atoms with van der Waals surface area (Å²) in [5, 5.41) is 3.51. The van der Waals surface area contributed by atoms with Crippen LogP contribution in [0.1, 0.15) is 40.1 Å². The van der Waals surface area contributed by atoms with Crippen molar-refractivity contribution >= 4 is 23.4 Å². The largest absolute Gasteiger partial charge is 0.348 e. The first-order valence-corrected chi connectivity index (χ1v) is 8.35. The van der Waals surface area contributed by atoms with Crippen LogP contribution in [0.25, 0.3) is 0 Å². The molecule has 0 heterocycles. The van der Waals surface area contributed by atoms with Gasteiger partial charge < -0.3 is 10.2 Å². The van der Waals surface area contributed by atoms with E-state index in [1.165, 1.54) is 0 Å². The fraction of sp³-hybridized carbons (Fsp3) is 0.263. The Bertz CT molecular complexity index is 710. The molecule has 0 aromatic heterocycles. The second-order valence-electron chi connectivity index (χ2n) is 5.37. The fourth-order valence-corrected chi connectivity index (χ4v) is 2.50. The number of rotatable bonds is 6. The second-order valence-corrected chi connectivity index (χ2v) is 5.80. The van der Waals surface area contributed by atoms with Gasteiger partial charge in [0.05, 0.1) is 0 Å². The summed E-state index contributed by atoms with van der Waals surface area (Å²) >= 11 is 5.84. The van der Waals surface area contributed by atoms with Gasteiger partial charge in [-0.25, -0.2) is 0 Å². The van der Waals surface area contributed by atoms with Gasteiger partial charge in [-0.1, -0.05) is 29.8 Å². The predicted molar refractivity (Wildman–Crippen MR) is 96.3 cm³/mol. The van der Waals surface area contributed by atoms with E-state index < -0.39 is 0 Å². The number of carbonyl (C=O) groups is 2. The van der Waals surface area contributed by atoms with Crippen molar-refractivity contribution in [2.75, 3.05) is 13.1 Å². The summed E-state index contributed by atoms with van der Waals surface area (Å²) in [5.41, 5.74) is 1.96. The number of carbonyl (C=O) groups excluding carboxylic acids is 2. The molecule has 0 spiro atoms. The molecule has 0 fully saturated rings. The van der Waals surface area contributed by atoms with Crippen LogP contribution < -0.4 is 5.32 Å². The van der Waals surface area contributed by atoms with Crippen LogP contribution in [0.4, 0.5) is 0 Å². The van der Waals surface area contributed by atoms with E-state index in [9.17, 15) is 9.59 Å². The summed E-state index contributed by atoms with van der Waals surface area (Å²) < 4.78 is 0. The molecule has 2 aromatic rings. The molecular formula is C19H21ClN2O2. The van der Waals surface area contributed by atoms with Crippen molar-refractivity contribution in [3.05, 3.63) is 70.2 Å². The molecule has 2 amide bonds. The predicted octanol–water partition coefficient (Wildman–Crippen LogP) is 3.75. The van der Waals surface area contributed by atoms with Crippen molar-refractivity contribution in [1.29, 1.82) is 0 Å². The summed E-state index contributed by atoms with van der Waals surface area (Å²) in [7, 11) is 0. The Hall–Kier alpha value is -2.33. The summed E-state index contributed by atoms with van der Waals surface area (Å²) in [5.74, 6) is -0.272. The second kappa shape index (κ2) is 8.50. The van der Waals surface area contributed by atoms with E-state index in [0.29, 0.717) is 35.8 Å². The van der Waals surface area contributed by atoms with Crippen LogP contribution in [-0.2, 0) is 6.54 Å². The molecule has 2 rings (SSSR count). The molecule has 4 nitrogen and oxygen atoms in total. The number of hydrogen-bond donors (Lipinski definition) is 1. The number of nitrogens with zero attached hydrogens (tertiary/aromatic N) is 1. The molecule has 0 saturated carbocycles. The van der Waals surface area contributed by atoms with Gasteiger partial charge in [0.1, 0.15) is 0 Å². The molecule has 24 heavy (non-hydrogen) atoms. The minimum absolute atomic E-state index is 0.0626. The third-order valence-electron chi connectivity index (χ3n) is 3.79. The van der Waals surface area contributed by atoms with E-state index in [0.717, 1.165) is 5.56 Å². The first-order valence-electron chi connectivity index (χ1n) is 7.97. The van der Waals surface area contributed by atoms with Gasteiger partial charge in [-0.15, -0.1) is 0 Å². The highest BCUT2D eigenvalue weighted by atomic mass is 35.5. The number of amides is 2. The lowest BCUT2D eigenvalue weighted by Crippen LogP contribution is -2.30. The Morgan fingerprint density at radius 2 is 1.62 bits per heavy atom. The van der Waals surface area contributed by atoms with Crippen molar-refractivity contribution in [1.82, 2.24) is 10.2 Å². The SMILES string of the molecule is CCN(CC)C(=O)c1cccc(C(=O)NCc2ccc(Cl)cc2)c1. The van der Waals surface area contributed by atoms with Crippen molar-refractivity contribution < 1.29 is 9.59 Å². The van der Waals surface area contributed by atoms with Gasteiger partial charge in [0, 0.05) is 35.8 Å². The number of halogens is 1. The van der Waals surface area contributed by atoms with Crippen LogP contribution in [0.2, 0.25) is 5.02 Å². The molecule has 5 heteroatoms. The molecule has 0 aliphatic carbocycles. The van der Waals surface area contributed by atoms with Crippen molar-refractivity contribution in [3.63, 3.8) is 0 Å². The summed E-state index contributed by atoms with van der Waals surface area (Å²) in [6, 6.07) is 14.1. The molecule has 0 radical (unpaired) electrons. The number of nitrogens with one attached hydrogen (secondary N) is 1. The average molecular weight is 345 g/mol. The van der Waals surface area contributed by atoms with Crippen LogP contribution in [0.3, 0.4) is 0 Å². The number of benzene rings is 2. The van der Waals surface area contributed by atoms with E-state index in [4.69, 9.17) is 11.6 Å². The molecule has 1 N–H and O–H groups in total. The van der Waals surface area contributed by atoms with E-state index in [1.807, 2.05) is 26.0 Å². The standard InChI is InChI=1S/C19H21ClN2O2/c1-3-22(4-2)19(24)16-7-5-6-15(12-16)18(23)21-13-14-8-10-17(20)11-9-14/h5-12H,3-4,13H2,1-2H3,(H,21,23). The maximum Gasteiger partial charge on any atom is 0.253 e. The Balaban J connectivity index is 2.05. The van der Waals surface area contributed by atoms with Gasteiger partial charge in [-0.05, 0) is 49.7 Å². The van der Waals surface area contributed by atoms with E-state index in [1.54, 1.807) is 41.3 Å². The highest BCUT2D eigenvalue weighted by molar-refractivity contribution is 6.30. The van der Waals surface area contributed by atoms with Gasteiger partial charge in [0.15, 0.2) is 0 Å². The molecule has 0 aliphatic heterocycles. The molecule has 0 atom stereocenters. The van der Waals surface area contributed by atoms with Crippen LogP contribution >= 0.6 is 11.6 Å². The van der Waals surface area contributed by atoms with Crippen LogP contribution in [0.5, 0.6) is 0 Å². The highest BCUT2D eigenvalue weighted by Crippen LogP contribution is 2.11. The van der Waals surface area contributed by atoms with E-state index in [2.05, 4.69) is 5.32 Å². The molecule has 0 saturated heterocycles. The maximum absolute atomic E-state index is 12.4. The third-order valence-corrected chi connectivity index (χ3v) is 4.04. The minimum Gasteiger partial charge on any atom is -0.348 e. The molecule has 0 bridgehead atoms. The minimum atomic E-state index is -0.209. The Morgan fingerprint density at radius 1 is 1.00 bits per heavy atom. The lowest BCUT2D eigenvalue weighted by Gasteiger charge is -2.18.